The fourth-order valence-electron chi connectivity index (χ4n) is 3.49. The first-order chi connectivity index (χ1) is 13.6. The Morgan fingerprint density at radius 3 is 2.39 bits per heavy atom. The van der Waals surface area contributed by atoms with Crippen LogP contribution in [0.1, 0.15) is 11.3 Å². The molecule has 0 radical (unpaired) electrons. The molecule has 1 saturated heterocycles. The predicted octanol–water partition coefficient (Wildman–Crippen LogP) is 2.97. The maximum Gasteiger partial charge on any atom is 0.260 e. The van der Waals surface area contributed by atoms with Gasteiger partial charge in [0.1, 0.15) is 5.75 Å². The van der Waals surface area contributed by atoms with Crippen LogP contribution in [0.5, 0.6) is 5.75 Å². The summed E-state index contributed by atoms with van der Waals surface area (Å²) in [6.07, 6.45) is 0. The number of carbonyl (C=O) groups is 1. The van der Waals surface area contributed by atoms with E-state index in [0.717, 1.165) is 46.9 Å². The molecule has 1 aromatic heterocycles. The Morgan fingerprint density at radius 1 is 0.964 bits per heavy atom. The summed E-state index contributed by atoms with van der Waals surface area (Å²) in [6, 6.07) is 15.6. The zero-order valence-electron chi connectivity index (χ0n) is 16.3. The van der Waals surface area contributed by atoms with Crippen molar-refractivity contribution in [1.82, 2.24) is 14.9 Å². The minimum Gasteiger partial charge on any atom is -0.484 e. The normalized spacial score (nSPS) is 14.4. The molecule has 1 aliphatic heterocycles. The SMILES string of the molecule is Cc1cccc(OCC(=O)N2CCN(c3nc4ccccc4nc3C)CC2)c1. The Bertz CT molecular complexity index is 997. The van der Waals surface area contributed by atoms with Crippen molar-refractivity contribution < 1.29 is 9.53 Å². The zero-order chi connectivity index (χ0) is 19.5. The Hall–Kier alpha value is -3.15. The van der Waals surface area contributed by atoms with Crippen LogP contribution in [-0.2, 0) is 4.79 Å². The number of carbonyl (C=O) groups excluding carboxylic acids is 1. The molecule has 3 aromatic rings. The van der Waals surface area contributed by atoms with Crippen LogP contribution in [0.15, 0.2) is 48.5 Å². The minimum absolute atomic E-state index is 0.0162. The van der Waals surface area contributed by atoms with Gasteiger partial charge in [-0.25, -0.2) is 9.97 Å². The molecular formula is C22H24N4O2. The van der Waals surface area contributed by atoms with Crippen LogP contribution in [-0.4, -0.2) is 53.6 Å². The number of amides is 1. The molecule has 2 heterocycles. The molecule has 1 aliphatic rings. The molecule has 0 saturated carbocycles. The smallest absolute Gasteiger partial charge is 0.260 e. The van der Waals surface area contributed by atoms with E-state index in [9.17, 15) is 4.79 Å². The third kappa shape index (κ3) is 3.91. The largest absolute Gasteiger partial charge is 0.484 e. The highest BCUT2D eigenvalue weighted by Gasteiger charge is 2.23. The van der Waals surface area contributed by atoms with Gasteiger partial charge in [0.2, 0.25) is 0 Å². The number of aromatic nitrogens is 2. The lowest BCUT2D eigenvalue weighted by atomic mass is 10.2. The molecule has 1 amide bonds. The first-order valence-electron chi connectivity index (χ1n) is 9.56. The van der Waals surface area contributed by atoms with E-state index in [1.807, 2.05) is 67.3 Å². The van der Waals surface area contributed by atoms with Gasteiger partial charge in [-0.05, 0) is 43.7 Å². The van der Waals surface area contributed by atoms with Crippen molar-refractivity contribution in [2.75, 3.05) is 37.7 Å². The Labute approximate surface area is 164 Å². The van der Waals surface area contributed by atoms with E-state index in [0.29, 0.717) is 13.1 Å². The van der Waals surface area contributed by atoms with Crippen molar-refractivity contribution in [3.8, 4) is 5.75 Å². The number of rotatable bonds is 4. The molecule has 28 heavy (non-hydrogen) atoms. The molecule has 0 unspecified atom stereocenters. The number of hydrogen-bond acceptors (Lipinski definition) is 5. The van der Waals surface area contributed by atoms with E-state index in [1.54, 1.807) is 0 Å². The number of nitrogens with zero attached hydrogens (tertiary/aromatic N) is 4. The van der Waals surface area contributed by atoms with Crippen LogP contribution < -0.4 is 9.64 Å². The van der Waals surface area contributed by atoms with Crippen molar-refractivity contribution in [2.24, 2.45) is 0 Å². The van der Waals surface area contributed by atoms with Gasteiger partial charge >= 0.3 is 0 Å². The summed E-state index contributed by atoms with van der Waals surface area (Å²) in [5.41, 5.74) is 3.84. The standard InChI is InChI=1S/C22H24N4O2/c1-16-6-5-7-18(14-16)28-15-21(27)25-10-12-26(13-11-25)22-17(2)23-19-8-3-4-9-20(19)24-22/h3-9,14H,10-13,15H2,1-2H3. The quantitative estimate of drug-likeness (QED) is 0.701. The lowest BCUT2D eigenvalue weighted by Crippen LogP contribution is -2.50. The molecule has 1 fully saturated rings. The van der Waals surface area contributed by atoms with Crippen LogP contribution in [0.4, 0.5) is 5.82 Å². The highest BCUT2D eigenvalue weighted by atomic mass is 16.5. The molecule has 144 valence electrons. The van der Waals surface area contributed by atoms with Crippen LogP contribution >= 0.6 is 0 Å². The minimum atomic E-state index is 0.0162. The average molecular weight is 376 g/mol. The van der Waals surface area contributed by atoms with Gasteiger partial charge in [0.05, 0.1) is 16.7 Å². The molecule has 0 aliphatic carbocycles. The monoisotopic (exact) mass is 376 g/mol. The zero-order valence-corrected chi connectivity index (χ0v) is 16.3. The number of benzene rings is 2. The van der Waals surface area contributed by atoms with Gasteiger partial charge in [-0.3, -0.25) is 4.79 Å². The molecule has 6 nitrogen and oxygen atoms in total. The number of piperazine rings is 1. The van der Waals surface area contributed by atoms with Crippen LogP contribution in [0, 0.1) is 13.8 Å². The summed E-state index contributed by atoms with van der Waals surface area (Å²) in [7, 11) is 0. The maximum absolute atomic E-state index is 12.5. The molecule has 2 aromatic carbocycles. The summed E-state index contributed by atoms with van der Waals surface area (Å²) in [5.74, 6) is 1.65. The average Bonchev–Trinajstić information content (AvgIpc) is 2.72. The first-order valence-corrected chi connectivity index (χ1v) is 9.56. The van der Waals surface area contributed by atoms with Crippen LogP contribution in [0.25, 0.3) is 11.0 Å². The van der Waals surface area contributed by atoms with Gasteiger partial charge in [0, 0.05) is 26.2 Å². The van der Waals surface area contributed by atoms with Gasteiger partial charge in [-0.1, -0.05) is 24.3 Å². The highest BCUT2D eigenvalue weighted by molar-refractivity contribution is 5.78. The van der Waals surface area contributed by atoms with Crippen molar-refractivity contribution in [1.29, 1.82) is 0 Å². The number of anilines is 1. The Balaban J connectivity index is 1.36. The van der Waals surface area contributed by atoms with Crippen molar-refractivity contribution in [3.63, 3.8) is 0 Å². The molecule has 0 spiro atoms. The maximum atomic E-state index is 12.5. The molecule has 0 bridgehead atoms. The summed E-state index contributed by atoms with van der Waals surface area (Å²) in [4.78, 5) is 26.0. The fraction of sp³-hybridized carbons (Fsp3) is 0.318. The van der Waals surface area contributed by atoms with Crippen LogP contribution in [0.3, 0.4) is 0 Å². The summed E-state index contributed by atoms with van der Waals surface area (Å²) >= 11 is 0. The molecule has 0 atom stereocenters. The fourth-order valence-corrected chi connectivity index (χ4v) is 3.49. The molecular weight excluding hydrogens is 352 g/mol. The van der Waals surface area contributed by atoms with Gasteiger partial charge in [0.25, 0.3) is 5.91 Å². The van der Waals surface area contributed by atoms with E-state index in [-0.39, 0.29) is 12.5 Å². The van der Waals surface area contributed by atoms with E-state index in [4.69, 9.17) is 9.72 Å². The highest BCUT2D eigenvalue weighted by Crippen LogP contribution is 2.21. The number of hydrogen-bond donors (Lipinski definition) is 0. The first kappa shape index (κ1) is 18.2. The van der Waals surface area contributed by atoms with Crippen molar-refractivity contribution in [2.45, 2.75) is 13.8 Å². The van der Waals surface area contributed by atoms with Gasteiger partial charge in [-0.15, -0.1) is 0 Å². The lowest BCUT2D eigenvalue weighted by Gasteiger charge is -2.35. The Kier molecular flexibility index (Phi) is 5.10. The summed E-state index contributed by atoms with van der Waals surface area (Å²) < 4.78 is 5.65. The lowest BCUT2D eigenvalue weighted by molar-refractivity contribution is -0.133. The number of aryl methyl sites for hydroxylation is 2. The second-order valence-corrected chi connectivity index (χ2v) is 7.09. The van der Waals surface area contributed by atoms with Crippen molar-refractivity contribution >= 4 is 22.8 Å². The number of fused-ring (bicyclic) bond motifs is 1. The van der Waals surface area contributed by atoms with Gasteiger partial charge in [0.15, 0.2) is 12.4 Å². The van der Waals surface area contributed by atoms with Crippen LogP contribution in [0.2, 0.25) is 0 Å². The molecule has 6 heteroatoms. The molecule has 0 N–H and O–H groups in total. The summed E-state index contributed by atoms with van der Waals surface area (Å²) in [5, 5.41) is 0. The van der Waals surface area contributed by atoms with Gasteiger partial charge < -0.3 is 14.5 Å². The van der Waals surface area contributed by atoms with E-state index in [1.165, 1.54) is 0 Å². The van der Waals surface area contributed by atoms with Crippen molar-refractivity contribution in [3.05, 3.63) is 59.8 Å². The number of para-hydroxylation sites is 2. The summed E-state index contributed by atoms with van der Waals surface area (Å²) in [6.45, 7) is 6.85. The van der Waals surface area contributed by atoms with E-state index in [2.05, 4.69) is 9.88 Å². The van der Waals surface area contributed by atoms with E-state index >= 15 is 0 Å². The molecule has 4 rings (SSSR count). The van der Waals surface area contributed by atoms with E-state index < -0.39 is 0 Å². The van der Waals surface area contributed by atoms with Gasteiger partial charge in [-0.2, -0.15) is 0 Å². The third-order valence-electron chi connectivity index (χ3n) is 5.00. The predicted molar refractivity (Wildman–Crippen MR) is 110 cm³/mol. The second kappa shape index (κ2) is 7.84. The third-order valence-corrected chi connectivity index (χ3v) is 5.00. The topological polar surface area (TPSA) is 58.6 Å². The number of ether oxygens (including phenoxy) is 1. The second-order valence-electron chi connectivity index (χ2n) is 7.09. The Morgan fingerprint density at radius 2 is 1.68 bits per heavy atom.